The van der Waals surface area contributed by atoms with Gasteiger partial charge in [-0.2, -0.15) is 0 Å². The minimum Gasteiger partial charge on any atom is -0.414 e. The van der Waals surface area contributed by atoms with E-state index in [0.717, 1.165) is 25.7 Å². The molecule has 0 aromatic carbocycles. The number of allylic oxidation sites excluding steroid dienone is 1. The molecule has 26 heavy (non-hydrogen) atoms. The van der Waals surface area contributed by atoms with Gasteiger partial charge in [-0.15, -0.1) is 0 Å². The van der Waals surface area contributed by atoms with Gasteiger partial charge in [0.15, 0.2) is 8.32 Å². The number of Topliss-reactive ketones (excluding diaryl/α,β-unsaturated/α-hetero) is 1. The molecule has 0 N–H and O–H groups in total. The third kappa shape index (κ3) is 4.52. The quantitative estimate of drug-likeness (QED) is 0.377. The van der Waals surface area contributed by atoms with Gasteiger partial charge in [0.25, 0.3) is 0 Å². The molecule has 3 heteroatoms. The Hall–Kier alpha value is -0.413. The van der Waals surface area contributed by atoms with Gasteiger partial charge in [0, 0.05) is 18.4 Å². The predicted molar refractivity (Wildman–Crippen MR) is 114 cm³/mol. The van der Waals surface area contributed by atoms with E-state index >= 15 is 0 Å². The number of fused-ring (bicyclic) bond motifs is 1. The van der Waals surface area contributed by atoms with Gasteiger partial charge in [0.2, 0.25) is 0 Å². The molecule has 0 heterocycles. The second-order valence-electron chi connectivity index (χ2n) is 10.8. The van der Waals surface area contributed by atoms with Crippen molar-refractivity contribution in [1.82, 2.24) is 0 Å². The van der Waals surface area contributed by atoms with Gasteiger partial charge in [0.1, 0.15) is 5.78 Å². The summed E-state index contributed by atoms with van der Waals surface area (Å²) >= 11 is 0. The van der Waals surface area contributed by atoms with Gasteiger partial charge >= 0.3 is 0 Å². The number of carbonyl (C=O) groups excluding carboxylic acids is 1. The first-order valence-corrected chi connectivity index (χ1v) is 13.7. The second kappa shape index (κ2) is 7.91. The Morgan fingerprint density at radius 3 is 2.54 bits per heavy atom. The highest BCUT2D eigenvalue weighted by Gasteiger charge is 2.51. The van der Waals surface area contributed by atoms with Crippen LogP contribution >= 0.6 is 0 Å². The van der Waals surface area contributed by atoms with Crippen molar-refractivity contribution in [1.29, 1.82) is 0 Å². The molecule has 2 fully saturated rings. The molecule has 2 nitrogen and oxygen atoms in total. The maximum atomic E-state index is 12.3. The molecule has 0 aromatic heterocycles. The molecule has 0 bridgehead atoms. The molecule has 2 aliphatic rings. The van der Waals surface area contributed by atoms with Gasteiger partial charge in [-0.25, -0.2) is 0 Å². The molecule has 0 radical (unpaired) electrons. The first-order valence-electron chi connectivity index (χ1n) is 10.8. The predicted octanol–water partition coefficient (Wildman–Crippen LogP) is 6.76. The van der Waals surface area contributed by atoms with E-state index in [1.54, 1.807) is 0 Å². The summed E-state index contributed by atoms with van der Waals surface area (Å²) in [5.74, 6) is 2.08. The smallest absolute Gasteiger partial charge is 0.192 e. The number of hydrogen-bond acceptors (Lipinski definition) is 2. The van der Waals surface area contributed by atoms with E-state index in [2.05, 4.69) is 66.8 Å². The summed E-state index contributed by atoms with van der Waals surface area (Å²) < 4.78 is 6.47. The van der Waals surface area contributed by atoms with E-state index in [0.29, 0.717) is 23.5 Å². The lowest BCUT2D eigenvalue weighted by Gasteiger charge is -2.41. The van der Waals surface area contributed by atoms with Crippen molar-refractivity contribution < 1.29 is 9.22 Å². The van der Waals surface area contributed by atoms with E-state index in [1.165, 1.54) is 12.8 Å². The van der Waals surface area contributed by atoms with Crippen LogP contribution in [0.3, 0.4) is 0 Å². The third-order valence-corrected chi connectivity index (χ3v) is 12.4. The van der Waals surface area contributed by atoms with Crippen LogP contribution in [0.1, 0.15) is 80.1 Å². The van der Waals surface area contributed by atoms with Crippen molar-refractivity contribution in [2.24, 2.45) is 23.2 Å². The summed E-state index contributed by atoms with van der Waals surface area (Å²) in [4.78, 5) is 12.3. The number of hydrogen-bond donors (Lipinski definition) is 0. The van der Waals surface area contributed by atoms with Crippen molar-refractivity contribution in [3.63, 3.8) is 0 Å². The standard InChI is InChI=1S/C23H42O2Si/c1-17(11-9-12-18(2)25-26(7,8)22(3,4)5)19-14-15-20-21(24)13-10-16-23(19,20)6/h9,11,17-20H,10,12-16H2,1-8H3/b11-9+/t17-,18+,19-,20+,23-/m1/s1. The maximum absolute atomic E-state index is 12.3. The average Bonchev–Trinajstić information content (AvgIpc) is 2.84. The van der Waals surface area contributed by atoms with Crippen LogP contribution in [0.4, 0.5) is 0 Å². The maximum Gasteiger partial charge on any atom is 0.192 e. The Balaban J connectivity index is 1.91. The summed E-state index contributed by atoms with van der Waals surface area (Å²) in [7, 11) is -1.69. The first-order chi connectivity index (χ1) is 11.9. The number of ketones is 1. The molecule has 0 aromatic rings. The minimum absolute atomic E-state index is 0.238. The highest BCUT2D eigenvalue weighted by atomic mass is 28.4. The Morgan fingerprint density at radius 2 is 1.92 bits per heavy atom. The van der Waals surface area contributed by atoms with E-state index in [1.807, 2.05) is 0 Å². The summed E-state index contributed by atoms with van der Waals surface area (Å²) in [6.07, 6.45) is 11.5. The zero-order chi connectivity index (χ0) is 19.8. The van der Waals surface area contributed by atoms with Crippen LogP contribution in [0.15, 0.2) is 12.2 Å². The number of carbonyl (C=O) groups is 1. The molecular weight excluding hydrogens is 336 g/mol. The van der Waals surface area contributed by atoms with E-state index in [9.17, 15) is 4.79 Å². The van der Waals surface area contributed by atoms with E-state index in [-0.39, 0.29) is 16.6 Å². The van der Waals surface area contributed by atoms with E-state index in [4.69, 9.17) is 4.43 Å². The van der Waals surface area contributed by atoms with Gasteiger partial charge in [0.05, 0.1) is 0 Å². The fourth-order valence-corrected chi connectivity index (χ4v) is 6.64. The van der Waals surface area contributed by atoms with Gasteiger partial charge in [-0.3, -0.25) is 4.79 Å². The molecule has 0 aliphatic heterocycles. The van der Waals surface area contributed by atoms with Crippen molar-refractivity contribution >= 4 is 14.1 Å². The Labute approximate surface area is 163 Å². The first kappa shape index (κ1) is 21.9. The Bertz CT molecular complexity index is 531. The molecular formula is C23H42O2Si. The minimum atomic E-state index is -1.69. The SMILES string of the molecule is C[C@H](/C=C/C[C@H](C)O[Si](C)(C)C(C)(C)C)[C@H]1CC[C@H]2C(=O)CCC[C@]12C. The van der Waals surface area contributed by atoms with Crippen LogP contribution in [0.25, 0.3) is 0 Å². The van der Waals surface area contributed by atoms with Gasteiger partial charge in [-0.05, 0) is 74.4 Å². The summed E-state index contributed by atoms with van der Waals surface area (Å²) in [5, 5.41) is 0.263. The van der Waals surface area contributed by atoms with Crippen LogP contribution in [-0.2, 0) is 9.22 Å². The van der Waals surface area contributed by atoms with Crippen molar-refractivity contribution in [2.45, 2.75) is 104 Å². The highest BCUT2D eigenvalue weighted by molar-refractivity contribution is 6.74. The molecule has 2 aliphatic carbocycles. The van der Waals surface area contributed by atoms with E-state index < -0.39 is 8.32 Å². The molecule has 0 saturated heterocycles. The molecule has 0 spiro atoms. The fraction of sp³-hybridized carbons (Fsp3) is 0.870. The lowest BCUT2D eigenvalue weighted by atomic mass is 9.62. The van der Waals surface area contributed by atoms with Crippen molar-refractivity contribution in [2.75, 3.05) is 0 Å². The average molecular weight is 379 g/mol. The molecule has 0 amide bonds. The third-order valence-electron chi connectivity index (χ3n) is 7.78. The van der Waals surface area contributed by atoms with Gasteiger partial charge < -0.3 is 4.43 Å². The normalized spacial score (nSPS) is 32.7. The highest BCUT2D eigenvalue weighted by Crippen LogP contribution is 2.56. The second-order valence-corrected chi connectivity index (χ2v) is 15.5. The monoisotopic (exact) mass is 378 g/mol. The zero-order valence-electron chi connectivity index (χ0n) is 18.5. The van der Waals surface area contributed by atoms with Crippen LogP contribution in [0.2, 0.25) is 18.1 Å². The van der Waals surface area contributed by atoms with Crippen LogP contribution in [0.5, 0.6) is 0 Å². The topological polar surface area (TPSA) is 26.3 Å². The van der Waals surface area contributed by atoms with Crippen LogP contribution in [0, 0.1) is 23.2 Å². The Morgan fingerprint density at radius 1 is 1.27 bits per heavy atom. The largest absolute Gasteiger partial charge is 0.414 e. The fourth-order valence-electron chi connectivity index (χ4n) is 5.18. The molecule has 2 saturated carbocycles. The zero-order valence-corrected chi connectivity index (χ0v) is 19.5. The van der Waals surface area contributed by atoms with Crippen molar-refractivity contribution in [3.05, 3.63) is 12.2 Å². The Kier molecular flexibility index (Phi) is 6.66. The molecule has 5 atom stereocenters. The summed E-state index contributed by atoms with van der Waals surface area (Å²) in [6, 6.07) is 0. The van der Waals surface area contributed by atoms with Crippen LogP contribution < -0.4 is 0 Å². The molecule has 150 valence electrons. The van der Waals surface area contributed by atoms with Crippen molar-refractivity contribution in [3.8, 4) is 0 Å². The molecule has 2 rings (SSSR count). The lowest BCUT2D eigenvalue weighted by molar-refractivity contribution is -0.129. The van der Waals surface area contributed by atoms with Gasteiger partial charge in [-0.1, -0.05) is 46.8 Å². The summed E-state index contributed by atoms with van der Waals surface area (Å²) in [5.41, 5.74) is 0.238. The molecule has 0 unspecified atom stereocenters. The summed E-state index contributed by atoms with van der Waals surface area (Å²) in [6.45, 7) is 18.5. The van der Waals surface area contributed by atoms with Crippen LogP contribution in [-0.4, -0.2) is 20.2 Å². The lowest BCUT2D eigenvalue weighted by Crippen LogP contribution is -2.43. The number of rotatable bonds is 6.